The topological polar surface area (TPSA) is 38.7 Å². The van der Waals surface area contributed by atoms with Crippen LogP contribution in [-0.4, -0.2) is 69.1 Å². The molecule has 0 N–H and O–H groups in total. The van der Waals surface area contributed by atoms with Gasteiger partial charge in [0.05, 0.1) is 27.2 Å². The molecule has 0 unspecified atom stereocenters. The van der Waals surface area contributed by atoms with Gasteiger partial charge >= 0.3 is 0 Å². The second-order valence-electron chi connectivity index (χ2n) is 4.63. The van der Waals surface area contributed by atoms with Gasteiger partial charge in [-0.05, 0) is 5.90 Å². The number of hydrogen-bond acceptors (Lipinski definition) is 3. The number of rotatable bonds is 2. The van der Waals surface area contributed by atoms with Crippen molar-refractivity contribution in [3.05, 3.63) is 0 Å². The van der Waals surface area contributed by atoms with Gasteiger partial charge in [0.25, 0.3) is 0 Å². The van der Waals surface area contributed by atoms with E-state index in [9.17, 15) is 5.11 Å². The average molecular weight is 199 g/mol. The maximum absolute atomic E-state index is 11.1. The van der Waals surface area contributed by atoms with Gasteiger partial charge in [0.2, 0.25) is 0 Å². The zero-order valence-electron chi connectivity index (χ0n) is 9.49. The Balaban J connectivity index is 2.42. The maximum Gasteiger partial charge on any atom is 0.0911 e. The molecule has 0 spiro atoms. The van der Waals surface area contributed by atoms with E-state index in [1.165, 1.54) is 13.0 Å². The summed E-state index contributed by atoms with van der Waals surface area (Å²) in [6.45, 7) is 4.86. The van der Waals surface area contributed by atoms with Crippen LogP contribution in [0.2, 0.25) is 0 Å². The highest BCUT2D eigenvalue weighted by molar-refractivity contribution is 5.73. The Kier molecular flexibility index (Phi) is 3.89. The zero-order valence-corrected chi connectivity index (χ0v) is 9.49. The fraction of sp³-hybridized carbons (Fsp3) is 0.900. The molecule has 0 saturated carbocycles. The quantitative estimate of drug-likeness (QED) is 0.330. The molecular formula is C10H21N3O. The lowest BCUT2D eigenvalue weighted by atomic mass is 10.3. The van der Waals surface area contributed by atoms with E-state index in [0.717, 1.165) is 24.1 Å². The molecule has 0 aliphatic carbocycles. The van der Waals surface area contributed by atoms with Crippen LogP contribution in [0.4, 0.5) is 0 Å². The van der Waals surface area contributed by atoms with Crippen molar-refractivity contribution in [2.45, 2.75) is 6.42 Å². The molecular weight excluding hydrogens is 178 g/mol. The van der Waals surface area contributed by atoms with Crippen LogP contribution in [-0.2, 0) is 0 Å². The number of quaternary nitrogens is 1. The molecule has 0 atom stereocenters. The molecule has 82 valence electrons. The van der Waals surface area contributed by atoms with Crippen LogP contribution in [0.3, 0.4) is 0 Å². The van der Waals surface area contributed by atoms with E-state index in [1.54, 1.807) is 7.05 Å². The van der Waals surface area contributed by atoms with E-state index >= 15 is 0 Å². The van der Waals surface area contributed by atoms with Gasteiger partial charge in [0, 0.05) is 33.1 Å². The second-order valence-corrected chi connectivity index (χ2v) is 4.63. The molecule has 0 aromatic carbocycles. The first-order valence-electron chi connectivity index (χ1n) is 5.20. The molecule has 0 amide bonds. The van der Waals surface area contributed by atoms with Crippen LogP contribution in [0.15, 0.2) is 4.99 Å². The second kappa shape index (κ2) is 4.75. The minimum Gasteiger partial charge on any atom is -0.861 e. The summed E-state index contributed by atoms with van der Waals surface area (Å²) in [5.41, 5.74) is 0. The first-order chi connectivity index (χ1) is 6.53. The van der Waals surface area contributed by atoms with Gasteiger partial charge in [-0.1, -0.05) is 0 Å². The molecule has 0 bridgehead atoms. The number of aliphatic imine (C=N–C) groups is 1. The number of nitrogens with zero attached hydrogens (tertiary/aromatic N) is 3. The highest BCUT2D eigenvalue weighted by Gasteiger charge is 2.20. The molecule has 1 heterocycles. The minimum absolute atomic E-state index is 0.00259. The van der Waals surface area contributed by atoms with Crippen LogP contribution >= 0.6 is 0 Å². The standard InChI is InChI=1S/C10H21N3O/c1-11-10(14)9-12-5-4-7-13(2,3)8-6-12/h4-9H2,1-3H3. The first kappa shape index (κ1) is 11.5. The molecule has 4 heteroatoms. The molecule has 1 aliphatic rings. The third kappa shape index (κ3) is 3.64. The smallest absolute Gasteiger partial charge is 0.0911 e. The zero-order chi connectivity index (χ0) is 10.6. The van der Waals surface area contributed by atoms with E-state index < -0.39 is 0 Å². The first-order valence-corrected chi connectivity index (χ1v) is 5.20. The van der Waals surface area contributed by atoms with Gasteiger partial charge in [-0.15, -0.1) is 0 Å². The van der Waals surface area contributed by atoms with Crippen molar-refractivity contribution < 1.29 is 9.59 Å². The summed E-state index contributed by atoms with van der Waals surface area (Å²) < 4.78 is 1.06. The molecule has 1 saturated heterocycles. The van der Waals surface area contributed by atoms with Crippen LogP contribution in [0.1, 0.15) is 6.42 Å². The molecule has 0 aromatic rings. The van der Waals surface area contributed by atoms with Crippen LogP contribution in [0.5, 0.6) is 0 Å². The summed E-state index contributed by atoms with van der Waals surface area (Å²) in [4.78, 5) is 5.87. The third-order valence-corrected chi connectivity index (χ3v) is 2.87. The molecule has 4 nitrogen and oxygen atoms in total. The van der Waals surface area contributed by atoms with E-state index in [-0.39, 0.29) is 5.90 Å². The van der Waals surface area contributed by atoms with Crippen LogP contribution < -0.4 is 5.11 Å². The summed E-state index contributed by atoms with van der Waals surface area (Å²) in [6.07, 6.45) is 1.17. The van der Waals surface area contributed by atoms with Crippen molar-refractivity contribution in [1.82, 2.24) is 4.90 Å². The largest absolute Gasteiger partial charge is 0.861 e. The van der Waals surface area contributed by atoms with Crippen LogP contribution in [0, 0.1) is 0 Å². The SMILES string of the molecule is CN=C([O-])CN1CCC[N+](C)(C)CC1. The summed E-state index contributed by atoms with van der Waals surface area (Å²) in [5.74, 6) is -0.00259. The lowest BCUT2D eigenvalue weighted by molar-refractivity contribution is -0.888. The average Bonchev–Trinajstić information content (AvgIpc) is 2.28. The molecule has 0 radical (unpaired) electrons. The maximum atomic E-state index is 11.1. The molecule has 1 rings (SSSR count). The van der Waals surface area contributed by atoms with E-state index in [1.807, 2.05) is 0 Å². The summed E-state index contributed by atoms with van der Waals surface area (Å²) in [5, 5.41) is 11.1. The van der Waals surface area contributed by atoms with Gasteiger partial charge in [0.1, 0.15) is 0 Å². The monoisotopic (exact) mass is 199 g/mol. The highest BCUT2D eigenvalue weighted by Crippen LogP contribution is 2.06. The van der Waals surface area contributed by atoms with Crippen LogP contribution in [0.25, 0.3) is 0 Å². The summed E-state index contributed by atoms with van der Waals surface area (Å²) in [7, 11) is 6.06. The van der Waals surface area contributed by atoms with Crippen molar-refractivity contribution in [2.75, 3.05) is 53.9 Å². The van der Waals surface area contributed by atoms with Gasteiger partial charge in [-0.25, -0.2) is 0 Å². The Morgan fingerprint density at radius 2 is 2.07 bits per heavy atom. The predicted molar refractivity (Wildman–Crippen MR) is 56.3 cm³/mol. The number of hydrogen-bond donors (Lipinski definition) is 0. The van der Waals surface area contributed by atoms with E-state index in [0.29, 0.717) is 6.54 Å². The Hall–Kier alpha value is -0.610. The van der Waals surface area contributed by atoms with Gasteiger partial charge in [0.15, 0.2) is 0 Å². The van der Waals surface area contributed by atoms with Crippen molar-refractivity contribution in [3.63, 3.8) is 0 Å². The highest BCUT2D eigenvalue weighted by atomic mass is 16.3. The lowest BCUT2D eigenvalue weighted by Crippen LogP contribution is -2.43. The Labute approximate surface area is 86.4 Å². The summed E-state index contributed by atoms with van der Waals surface area (Å²) in [6, 6.07) is 0. The normalized spacial score (nSPS) is 24.6. The Morgan fingerprint density at radius 3 is 2.71 bits per heavy atom. The van der Waals surface area contributed by atoms with E-state index in [4.69, 9.17) is 0 Å². The fourth-order valence-electron chi connectivity index (χ4n) is 1.78. The van der Waals surface area contributed by atoms with Gasteiger partial charge in [-0.2, -0.15) is 0 Å². The van der Waals surface area contributed by atoms with Crippen molar-refractivity contribution in [1.29, 1.82) is 0 Å². The fourth-order valence-corrected chi connectivity index (χ4v) is 1.78. The van der Waals surface area contributed by atoms with Crippen molar-refractivity contribution in [3.8, 4) is 0 Å². The van der Waals surface area contributed by atoms with E-state index in [2.05, 4.69) is 24.0 Å². The predicted octanol–water partition coefficient (Wildman–Crippen LogP) is -0.843. The Bertz CT molecular complexity index is 213. The third-order valence-electron chi connectivity index (χ3n) is 2.87. The van der Waals surface area contributed by atoms with Crippen molar-refractivity contribution in [2.24, 2.45) is 4.99 Å². The molecule has 14 heavy (non-hydrogen) atoms. The molecule has 1 fully saturated rings. The minimum atomic E-state index is -0.00259. The van der Waals surface area contributed by atoms with Gasteiger partial charge in [-0.3, -0.25) is 4.90 Å². The Morgan fingerprint density at radius 1 is 1.36 bits per heavy atom. The number of likely N-dealkylation sites (N-methyl/N-ethyl adjacent to an activating group) is 1. The lowest BCUT2D eigenvalue weighted by Gasteiger charge is -2.28. The molecule has 1 aliphatic heterocycles. The summed E-state index contributed by atoms with van der Waals surface area (Å²) >= 11 is 0. The van der Waals surface area contributed by atoms with Gasteiger partial charge < -0.3 is 14.6 Å². The van der Waals surface area contributed by atoms with Crippen molar-refractivity contribution >= 4 is 5.90 Å². The molecule has 0 aromatic heterocycles.